The number of benzene rings is 2. The fourth-order valence-electron chi connectivity index (χ4n) is 3.41. The summed E-state index contributed by atoms with van der Waals surface area (Å²) in [5, 5.41) is 12.7. The van der Waals surface area contributed by atoms with Gasteiger partial charge in [0.1, 0.15) is 5.82 Å². The smallest absolute Gasteiger partial charge is 0.256 e. The third-order valence-electron chi connectivity index (χ3n) is 5.10. The molecule has 0 saturated heterocycles. The Morgan fingerprint density at radius 3 is 2.48 bits per heavy atom. The lowest BCUT2D eigenvalue weighted by Crippen LogP contribution is -2.34. The van der Waals surface area contributed by atoms with Gasteiger partial charge in [-0.1, -0.05) is 23.8 Å². The van der Waals surface area contributed by atoms with Crippen LogP contribution in [0.15, 0.2) is 67.3 Å². The molecule has 0 radical (unpaired) electrons. The highest BCUT2D eigenvalue weighted by Gasteiger charge is 2.20. The van der Waals surface area contributed by atoms with Crippen LogP contribution < -0.4 is 0 Å². The van der Waals surface area contributed by atoms with E-state index >= 15 is 0 Å². The number of aromatic nitrogens is 5. The minimum absolute atomic E-state index is 0.0792. The third kappa shape index (κ3) is 4.53. The van der Waals surface area contributed by atoms with Crippen LogP contribution in [0.4, 0.5) is 4.39 Å². The summed E-state index contributed by atoms with van der Waals surface area (Å²) in [6, 6.07) is 12.0. The van der Waals surface area contributed by atoms with Gasteiger partial charge in [-0.25, -0.2) is 4.39 Å². The fourth-order valence-corrected chi connectivity index (χ4v) is 3.41. The highest BCUT2D eigenvalue weighted by Crippen LogP contribution is 2.20. The van der Waals surface area contributed by atoms with Gasteiger partial charge in [-0.05, 0) is 43.7 Å². The zero-order valence-electron chi connectivity index (χ0n) is 17.4. The number of nitrogens with zero attached hydrogens (tertiary/aromatic N) is 6. The van der Waals surface area contributed by atoms with E-state index in [2.05, 4.69) is 15.3 Å². The van der Waals surface area contributed by atoms with Crippen LogP contribution in [0.25, 0.3) is 16.8 Å². The van der Waals surface area contributed by atoms with E-state index in [-0.39, 0.29) is 11.7 Å². The van der Waals surface area contributed by atoms with Gasteiger partial charge >= 0.3 is 0 Å². The van der Waals surface area contributed by atoms with Crippen LogP contribution in [0.2, 0.25) is 0 Å². The van der Waals surface area contributed by atoms with Crippen molar-refractivity contribution in [3.05, 3.63) is 84.2 Å². The van der Waals surface area contributed by atoms with Crippen LogP contribution in [-0.2, 0) is 6.54 Å². The van der Waals surface area contributed by atoms with E-state index in [4.69, 9.17) is 0 Å². The average Bonchev–Trinajstić information content (AvgIpc) is 3.47. The number of carbonyl (C=O) groups excluding carboxylic acids is 1. The summed E-state index contributed by atoms with van der Waals surface area (Å²) in [6.45, 7) is 5.51. The Morgan fingerprint density at radius 1 is 1.03 bits per heavy atom. The third-order valence-corrected chi connectivity index (χ3v) is 5.10. The molecule has 0 fully saturated rings. The number of halogens is 1. The van der Waals surface area contributed by atoms with E-state index in [9.17, 15) is 9.18 Å². The molecule has 31 heavy (non-hydrogen) atoms. The number of amides is 1. The molecule has 8 heteroatoms. The summed E-state index contributed by atoms with van der Waals surface area (Å²) >= 11 is 0. The minimum atomic E-state index is -0.269. The van der Waals surface area contributed by atoms with Crippen molar-refractivity contribution < 1.29 is 9.18 Å². The van der Waals surface area contributed by atoms with Gasteiger partial charge in [0.15, 0.2) is 0 Å². The molecule has 0 aliphatic carbocycles. The molecule has 7 nitrogen and oxygen atoms in total. The Balaban J connectivity index is 1.50. The fraction of sp³-hybridized carbons (Fsp3) is 0.217. The van der Waals surface area contributed by atoms with Gasteiger partial charge in [0.2, 0.25) is 0 Å². The van der Waals surface area contributed by atoms with Crippen molar-refractivity contribution >= 4 is 5.91 Å². The lowest BCUT2D eigenvalue weighted by atomic mass is 10.1. The summed E-state index contributed by atoms with van der Waals surface area (Å²) in [5.41, 5.74) is 4.00. The summed E-state index contributed by atoms with van der Waals surface area (Å²) in [6.07, 6.45) is 6.81. The predicted molar refractivity (Wildman–Crippen MR) is 115 cm³/mol. The molecule has 0 atom stereocenters. The van der Waals surface area contributed by atoms with Crippen molar-refractivity contribution in [1.29, 1.82) is 0 Å². The lowest BCUT2D eigenvalue weighted by Gasteiger charge is -2.22. The van der Waals surface area contributed by atoms with E-state index in [1.54, 1.807) is 40.3 Å². The molecule has 2 aromatic carbocycles. The first-order valence-corrected chi connectivity index (χ1v) is 10.1. The van der Waals surface area contributed by atoms with Crippen LogP contribution in [-0.4, -0.2) is 48.7 Å². The molecule has 0 aliphatic heterocycles. The lowest BCUT2D eigenvalue weighted by molar-refractivity contribution is 0.0757. The summed E-state index contributed by atoms with van der Waals surface area (Å²) < 4.78 is 14.9. The number of rotatable bonds is 7. The van der Waals surface area contributed by atoms with Crippen LogP contribution in [0.3, 0.4) is 0 Å². The van der Waals surface area contributed by atoms with Crippen molar-refractivity contribution in [2.24, 2.45) is 0 Å². The molecule has 0 aliphatic rings. The highest BCUT2D eigenvalue weighted by molar-refractivity contribution is 5.98. The maximum Gasteiger partial charge on any atom is 0.256 e. The molecule has 158 valence electrons. The van der Waals surface area contributed by atoms with Crippen molar-refractivity contribution in [3.8, 4) is 16.8 Å². The average molecular weight is 418 g/mol. The zero-order valence-corrected chi connectivity index (χ0v) is 17.4. The Labute approximate surface area is 179 Å². The first kappa shape index (κ1) is 20.5. The molecule has 0 bridgehead atoms. The second kappa shape index (κ2) is 8.91. The van der Waals surface area contributed by atoms with Crippen molar-refractivity contribution in [2.45, 2.75) is 20.4 Å². The molecule has 0 saturated carbocycles. The number of aryl methyl sites for hydroxylation is 1. The molecule has 0 N–H and O–H groups in total. The topological polar surface area (TPSA) is 68.8 Å². The zero-order chi connectivity index (χ0) is 21.8. The molecule has 0 spiro atoms. The second-order valence-electron chi connectivity index (χ2n) is 7.22. The molecule has 4 rings (SSSR count). The van der Waals surface area contributed by atoms with Gasteiger partial charge in [-0.2, -0.15) is 20.1 Å². The maximum atomic E-state index is 13.3. The van der Waals surface area contributed by atoms with Gasteiger partial charge in [-0.15, -0.1) is 0 Å². The minimum Gasteiger partial charge on any atom is -0.337 e. The first-order chi connectivity index (χ1) is 15.0. The number of hydrogen-bond acceptors (Lipinski definition) is 4. The van der Waals surface area contributed by atoms with Gasteiger partial charge < -0.3 is 4.90 Å². The van der Waals surface area contributed by atoms with Gasteiger partial charge in [-0.3, -0.25) is 9.48 Å². The van der Waals surface area contributed by atoms with Crippen molar-refractivity contribution in [2.75, 3.05) is 13.1 Å². The molecule has 1 amide bonds. The van der Waals surface area contributed by atoms with Gasteiger partial charge in [0, 0.05) is 24.8 Å². The van der Waals surface area contributed by atoms with Gasteiger partial charge in [0.05, 0.1) is 36.4 Å². The number of likely N-dealkylation sites (N-methyl/N-ethyl adjacent to an activating group) is 1. The van der Waals surface area contributed by atoms with Crippen LogP contribution in [0.5, 0.6) is 0 Å². The largest absolute Gasteiger partial charge is 0.337 e. The van der Waals surface area contributed by atoms with Crippen LogP contribution >= 0.6 is 0 Å². The second-order valence-corrected chi connectivity index (χ2v) is 7.22. The van der Waals surface area contributed by atoms with Crippen LogP contribution in [0, 0.1) is 12.7 Å². The van der Waals surface area contributed by atoms with Crippen molar-refractivity contribution in [1.82, 2.24) is 29.7 Å². The molecule has 4 aromatic rings. The number of carbonyl (C=O) groups is 1. The highest BCUT2D eigenvalue weighted by atomic mass is 19.1. The molecule has 0 unspecified atom stereocenters. The van der Waals surface area contributed by atoms with Crippen LogP contribution in [0.1, 0.15) is 22.8 Å². The molecule has 2 heterocycles. The Hall–Kier alpha value is -3.81. The summed E-state index contributed by atoms with van der Waals surface area (Å²) in [5.74, 6) is -0.349. The van der Waals surface area contributed by atoms with E-state index in [1.807, 2.05) is 38.2 Å². The van der Waals surface area contributed by atoms with E-state index in [1.165, 1.54) is 16.9 Å². The Kier molecular flexibility index (Phi) is 5.88. The molecular weight excluding hydrogens is 395 g/mol. The summed E-state index contributed by atoms with van der Waals surface area (Å²) in [7, 11) is 0. The van der Waals surface area contributed by atoms with Crippen molar-refractivity contribution in [3.63, 3.8) is 0 Å². The van der Waals surface area contributed by atoms with E-state index in [0.29, 0.717) is 30.9 Å². The Bertz CT molecular complexity index is 1170. The van der Waals surface area contributed by atoms with Gasteiger partial charge in [0.25, 0.3) is 5.91 Å². The van der Waals surface area contributed by atoms with E-state index in [0.717, 1.165) is 16.7 Å². The quantitative estimate of drug-likeness (QED) is 0.459. The SMILES string of the molecule is CCN(CCn1cc(-c2ccc(F)cc2)cn1)C(=O)c1cc(C)ccc1-n1nccn1. The predicted octanol–water partition coefficient (Wildman–Crippen LogP) is 3.74. The number of hydrogen-bond donors (Lipinski definition) is 0. The first-order valence-electron chi connectivity index (χ1n) is 10.1. The maximum absolute atomic E-state index is 13.3. The standard InChI is InChI=1S/C23H23FN6O/c1-3-28(12-13-29-16-19(15-27-29)18-5-7-20(24)8-6-18)23(31)21-14-17(2)4-9-22(21)30-25-10-11-26-30/h4-11,14-16H,3,12-13H2,1-2H3. The normalized spacial score (nSPS) is 10.9. The molecular formula is C23H23FN6O. The Morgan fingerprint density at radius 2 is 1.77 bits per heavy atom. The monoisotopic (exact) mass is 418 g/mol. The summed E-state index contributed by atoms with van der Waals surface area (Å²) in [4.78, 5) is 16.6. The van der Waals surface area contributed by atoms with E-state index < -0.39 is 0 Å². The molecule has 2 aromatic heterocycles.